The molecule has 16 heavy (non-hydrogen) atoms. The summed E-state index contributed by atoms with van der Waals surface area (Å²) in [5, 5.41) is 2.35. The van der Waals surface area contributed by atoms with Crippen LogP contribution in [0.5, 0.6) is 0 Å². The predicted molar refractivity (Wildman–Crippen MR) is 58.9 cm³/mol. The molecule has 88 valence electrons. The third-order valence-electron chi connectivity index (χ3n) is 2.12. The maximum Gasteiger partial charge on any atom is 0.224 e. The molecule has 5 heteroatoms. The van der Waals surface area contributed by atoms with Crippen molar-refractivity contribution in [2.24, 2.45) is 0 Å². The summed E-state index contributed by atoms with van der Waals surface area (Å²) in [5.41, 5.74) is 5.00. The Bertz CT molecular complexity index is 394. The summed E-state index contributed by atoms with van der Waals surface area (Å²) < 4.78 is 26.0. The molecule has 0 spiro atoms. The molecule has 0 bridgehead atoms. The number of anilines is 2. The summed E-state index contributed by atoms with van der Waals surface area (Å²) in [7, 11) is 0. The highest BCUT2D eigenvalue weighted by Gasteiger charge is 2.10. The Labute approximate surface area is 92.6 Å². The first-order chi connectivity index (χ1) is 7.54. The molecule has 0 unspecified atom stereocenters. The third-order valence-corrected chi connectivity index (χ3v) is 2.12. The quantitative estimate of drug-likeness (QED) is 0.778. The average Bonchev–Trinajstić information content (AvgIpc) is 2.23. The van der Waals surface area contributed by atoms with Crippen molar-refractivity contribution in [3.63, 3.8) is 0 Å². The van der Waals surface area contributed by atoms with Crippen molar-refractivity contribution in [1.82, 2.24) is 0 Å². The average molecular weight is 228 g/mol. The summed E-state index contributed by atoms with van der Waals surface area (Å²) in [5.74, 6) is -1.95. The lowest BCUT2D eigenvalue weighted by atomic mass is 10.2. The first-order valence-corrected chi connectivity index (χ1v) is 5.09. The van der Waals surface area contributed by atoms with Crippen LogP contribution in [-0.2, 0) is 4.79 Å². The zero-order valence-electron chi connectivity index (χ0n) is 9.02. The van der Waals surface area contributed by atoms with Crippen LogP contribution in [0.4, 0.5) is 20.2 Å². The van der Waals surface area contributed by atoms with Gasteiger partial charge in [0.1, 0.15) is 11.6 Å². The number of nitrogen functional groups attached to an aromatic ring is 1. The number of halogens is 2. The van der Waals surface area contributed by atoms with Crippen LogP contribution in [0, 0.1) is 11.6 Å². The van der Waals surface area contributed by atoms with E-state index in [1.165, 1.54) is 0 Å². The molecule has 3 N–H and O–H groups in total. The first-order valence-electron chi connectivity index (χ1n) is 5.09. The van der Waals surface area contributed by atoms with E-state index in [2.05, 4.69) is 5.32 Å². The van der Waals surface area contributed by atoms with Crippen LogP contribution >= 0.6 is 0 Å². The molecular weight excluding hydrogens is 214 g/mol. The van der Waals surface area contributed by atoms with Gasteiger partial charge in [-0.1, -0.05) is 13.3 Å². The summed E-state index contributed by atoms with van der Waals surface area (Å²) in [6.45, 7) is 1.95. The zero-order valence-corrected chi connectivity index (χ0v) is 9.02. The molecule has 0 atom stereocenters. The maximum atomic E-state index is 13.2. The minimum atomic E-state index is -0.830. The third kappa shape index (κ3) is 3.18. The number of rotatable bonds is 4. The molecule has 3 nitrogen and oxygen atoms in total. The molecule has 1 rings (SSSR count). The summed E-state index contributed by atoms with van der Waals surface area (Å²) >= 11 is 0. The highest BCUT2D eigenvalue weighted by Crippen LogP contribution is 2.21. The lowest BCUT2D eigenvalue weighted by molar-refractivity contribution is -0.116. The van der Waals surface area contributed by atoms with E-state index in [1.807, 2.05) is 6.92 Å². The van der Waals surface area contributed by atoms with Gasteiger partial charge in [-0.25, -0.2) is 8.78 Å². The van der Waals surface area contributed by atoms with Crippen molar-refractivity contribution < 1.29 is 13.6 Å². The maximum absolute atomic E-state index is 13.2. The van der Waals surface area contributed by atoms with Crippen molar-refractivity contribution in [2.75, 3.05) is 11.1 Å². The molecule has 0 fully saturated rings. The van der Waals surface area contributed by atoms with Gasteiger partial charge in [0.05, 0.1) is 11.4 Å². The van der Waals surface area contributed by atoms with Gasteiger partial charge in [0.25, 0.3) is 0 Å². The van der Waals surface area contributed by atoms with Gasteiger partial charge >= 0.3 is 0 Å². The number of carbonyl (C=O) groups excluding carboxylic acids is 1. The fraction of sp³-hybridized carbons (Fsp3) is 0.364. The normalized spacial score (nSPS) is 10.2. The predicted octanol–water partition coefficient (Wildman–Crippen LogP) is 2.68. The fourth-order valence-corrected chi connectivity index (χ4v) is 1.21. The lowest BCUT2D eigenvalue weighted by Gasteiger charge is -2.07. The van der Waals surface area contributed by atoms with Crippen LogP contribution in [0.2, 0.25) is 0 Å². The van der Waals surface area contributed by atoms with E-state index in [1.54, 1.807) is 0 Å². The number of unbranched alkanes of at least 4 members (excludes halogenated alkanes) is 1. The molecule has 0 heterocycles. The van der Waals surface area contributed by atoms with E-state index < -0.39 is 11.6 Å². The Hall–Kier alpha value is -1.65. The van der Waals surface area contributed by atoms with Crippen LogP contribution in [0.15, 0.2) is 12.1 Å². The zero-order chi connectivity index (χ0) is 12.1. The number of benzene rings is 1. The first kappa shape index (κ1) is 12.4. The summed E-state index contributed by atoms with van der Waals surface area (Å²) in [6, 6.07) is 1.74. The number of amides is 1. The SMILES string of the molecule is CCCCC(=O)Nc1cc(N)c(F)cc1F. The van der Waals surface area contributed by atoms with Gasteiger partial charge in [-0.3, -0.25) is 4.79 Å². The molecule has 0 saturated heterocycles. The highest BCUT2D eigenvalue weighted by atomic mass is 19.1. The van der Waals surface area contributed by atoms with E-state index in [0.29, 0.717) is 12.5 Å². The molecule has 0 aliphatic carbocycles. The van der Waals surface area contributed by atoms with Gasteiger partial charge in [-0.15, -0.1) is 0 Å². The Kier molecular flexibility index (Phi) is 4.22. The standard InChI is InChI=1S/C11H14F2N2O/c1-2-3-4-11(16)15-10-6-9(14)7(12)5-8(10)13/h5-6H,2-4,14H2,1H3,(H,15,16). The minimum absolute atomic E-state index is 0.0833. The summed E-state index contributed by atoms with van der Waals surface area (Å²) in [6.07, 6.45) is 1.92. The molecule has 0 aliphatic rings. The molecule has 1 amide bonds. The highest BCUT2D eigenvalue weighted by molar-refractivity contribution is 5.91. The molecule has 1 aromatic rings. The van der Waals surface area contributed by atoms with Crippen molar-refractivity contribution in [3.8, 4) is 0 Å². The van der Waals surface area contributed by atoms with E-state index in [9.17, 15) is 13.6 Å². The smallest absolute Gasteiger partial charge is 0.224 e. The number of nitrogens with one attached hydrogen (secondary N) is 1. The van der Waals surface area contributed by atoms with Crippen LogP contribution in [0.25, 0.3) is 0 Å². The van der Waals surface area contributed by atoms with Crippen molar-refractivity contribution >= 4 is 17.3 Å². The van der Waals surface area contributed by atoms with Crippen LogP contribution in [0.1, 0.15) is 26.2 Å². The van der Waals surface area contributed by atoms with Gasteiger partial charge < -0.3 is 11.1 Å². The van der Waals surface area contributed by atoms with Gasteiger partial charge in [-0.2, -0.15) is 0 Å². The Morgan fingerprint density at radius 1 is 1.38 bits per heavy atom. The molecule has 0 saturated carbocycles. The van der Waals surface area contributed by atoms with E-state index in [4.69, 9.17) is 5.73 Å². The van der Waals surface area contributed by atoms with E-state index >= 15 is 0 Å². The van der Waals surface area contributed by atoms with Gasteiger partial charge in [0, 0.05) is 12.5 Å². The topological polar surface area (TPSA) is 55.1 Å². The van der Waals surface area contributed by atoms with E-state index in [0.717, 1.165) is 18.9 Å². The molecular formula is C11H14F2N2O. The minimum Gasteiger partial charge on any atom is -0.396 e. The Morgan fingerprint density at radius 2 is 2.06 bits per heavy atom. The number of nitrogens with two attached hydrogens (primary N) is 1. The molecule has 0 aliphatic heterocycles. The van der Waals surface area contributed by atoms with E-state index in [-0.39, 0.29) is 17.3 Å². The van der Waals surface area contributed by atoms with Crippen molar-refractivity contribution in [2.45, 2.75) is 26.2 Å². The van der Waals surface area contributed by atoms with Crippen molar-refractivity contribution in [3.05, 3.63) is 23.8 Å². The largest absolute Gasteiger partial charge is 0.396 e. The molecule has 1 aromatic carbocycles. The number of hydrogen-bond donors (Lipinski definition) is 2. The van der Waals surface area contributed by atoms with Crippen LogP contribution in [0.3, 0.4) is 0 Å². The molecule has 0 aromatic heterocycles. The second kappa shape index (κ2) is 5.44. The van der Waals surface area contributed by atoms with Gasteiger partial charge in [0.15, 0.2) is 0 Å². The fourth-order valence-electron chi connectivity index (χ4n) is 1.21. The van der Waals surface area contributed by atoms with Gasteiger partial charge in [-0.05, 0) is 12.5 Å². The Morgan fingerprint density at radius 3 is 2.69 bits per heavy atom. The van der Waals surface area contributed by atoms with Crippen LogP contribution < -0.4 is 11.1 Å². The lowest BCUT2D eigenvalue weighted by Crippen LogP contribution is -2.12. The van der Waals surface area contributed by atoms with Crippen molar-refractivity contribution in [1.29, 1.82) is 0 Å². The second-order valence-electron chi connectivity index (χ2n) is 3.51. The second-order valence-corrected chi connectivity index (χ2v) is 3.51. The summed E-state index contributed by atoms with van der Waals surface area (Å²) in [4.78, 5) is 11.3. The van der Waals surface area contributed by atoms with Gasteiger partial charge in [0.2, 0.25) is 5.91 Å². The monoisotopic (exact) mass is 228 g/mol. The Balaban J connectivity index is 2.73. The van der Waals surface area contributed by atoms with Crippen LogP contribution in [-0.4, -0.2) is 5.91 Å². The number of carbonyl (C=O) groups is 1. The number of hydrogen-bond acceptors (Lipinski definition) is 2. The molecule has 0 radical (unpaired) electrons.